The Labute approximate surface area is 135 Å². The van der Waals surface area contributed by atoms with Crippen LogP contribution in [0.2, 0.25) is 5.02 Å². The van der Waals surface area contributed by atoms with E-state index in [1.807, 2.05) is 30.3 Å². The molecule has 118 valence electrons. The van der Waals surface area contributed by atoms with Gasteiger partial charge in [-0.2, -0.15) is 0 Å². The SMILES string of the molecule is O=S(=O)(CCc1ccccc1)NCC(O)c1ccc(Cl)cc1. The number of nitrogens with one attached hydrogen (secondary N) is 1. The lowest BCUT2D eigenvalue weighted by Gasteiger charge is -2.13. The highest BCUT2D eigenvalue weighted by atomic mass is 35.5. The predicted molar refractivity (Wildman–Crippen MR) is 88.3 cm³/mol. The first-order chi connectivity index (χ1) is 10.5. The van der Waals surface area contributed by atoms with Gasteiger partial charge in [0, 0.05) is 11.6 Å². The maximum absolute atomic E-state index is 12.0. The minimum atomic E-state index is -3.43. The van der Waals surface area contributed by atoms with Crippen LogP contribution >= 0.6 is 11.6 Å². The molecule has 2 rings (SSSR count). The molecule has 0 saturated heterocycles. The maximum Gasteiger partial charge on any atom is 0.212 e. The van der Waals surface area contributed by atoms with Gasteiger partial charge in [-0.1, -0.05) is 54.1 Å². The van der Waals surface area contributed by atoms with Crippen molar-refractivity contribution in [3.05, 3.63) is 70.7 Å². The molecule has 22 heavy (non-hydrogen) atoms. The summed E-state index contributed by atoms with van der Waals surface area (Å²) in [6.45, 7) is -0.0568. The van der Waals surface area contributed by atoms with Crippen molar-refractivity contribution >= 4 is 21.6 Å². The molecule has 1 atom stereocenters. The van der Waals surface area contributed by atoms with E-state index in [-0.39, 0.29) is 12.3 Å². The molecule has 0 aliphatic heterocycles. The highest BCUT2D eigenvalue weighted by Crippen LogP contribution is 2.16. The second-order valence-electron chi connectivity index (χ2n) is 4.97. The number of hydrogen-bond donors (Lipinski definition) is 2. The van der Waals surface area contributed by atoms with E-state index in [4.69, 9.17) is 11.6 Å². The summed E-state index contributed by atoms with van der Waals surface area (Å²) in [6, 6.07) is 16.1. The Balaban J connectivity index is 1.85. The van der Waals surface area contributed by atoms with Gasteiger partial charge >= 0.3 is 0 Å². The molecular formula is C16H18ClNO3S. The third-order valence-corrected chi connectivity index (χ3v) is 4.85. The van der Waals surface area contributed by atoms with Crippen LogP contribution in [0, 0.1) is 0 Å². The monoisotopic (exact) mass is 339 g/mol. The molecule has 0 heterocycles. The Hall–Kier alpha value is -1.40. The van der Waals surface area contributed by atoms with E-state index in [1.165, 1.54) is 0 Å². The fraction of sp³-hybridized carbons (Fsp3) is 0.250. The van der Waals surface area contributed by atoms with Gasteiger partial charge in [-0.3, -0.25) is 0 Å². The molecule has 0 aliphatic rings. The number of hydrogen-bond acceptors (Lipinski definition) is 3. The standard InChI is InChI=1S/C16H18ClNO3S/c17-15-8-6-14(7-9-15)16(19)12-18-22(20,21)11-10-13-4-2-1-3-5-13/h1-9,16,18-19H,10-12H2. The quantitative estimate of drug-likeness (QED) is 0.814. The molecule has 2 aromatic rings. The van der Waals surface area contributed by atoms with Crippen molar-refractivity contribution in [1.29, 1.82) is 0 Å². The van der Waals surface area contributed by atoms with Crippen LogP contribution < -0.4 is 4.72 Å². The third-order valence-electron chi connectivity index (χ3n) is 3.25. The molecule has 2 N–H and O–H groups in total. The number of aryl methyl sites for hydroxylation is 1. The van der Waals surface area contributed by atoms with Crippen LogP contribution in [0.3, 0.4) is 0 Å². The van der Waals surface area contributed by atoms with E-state index in [1.54, 1.807) is 24.3 Å². The van der Waals surface area contributed by atoms with Crippen molar-refractivity contribution in [2.45, 2.75) is 12.5 Å². The van der Waals surface area contributed by atoms with E-state index in [2.05, 4.69) is 4.72 Å². The molecule has 0 aromatic heterocycles. The Morgan fingerprint density at radius 1 is 1.05 bits per heavy atom. The lowest BCUT2D eigenvalue weighted by Crippen LogP contribution is -2.31. The van der Waals surface area contributed by atoms with E-state index < -0.39 is 16.1 Å². The van der Waals surface area contributed by atoms with Gasteiger partial charge in [0.2, 0.25) is 10.0 Å². The normalized spacial score (nSPS) is 13.0. The van der Waals surface area contributed by atoms with Crippen molar-refractivity contribution in [2.75, 3.05) is 12.3 Å². The zero-order valence-electron chi connectivity index (χ0n) is 11.9. The van der Waals surface area contributed by atoms with Crippen molar-refractivity contribution in [3.8, 4) is 0 Å². The molecule has 1 unspecified atom stereocenters. The summed E-state index contributed by atoms with van der Waals surface area (Å²) in [4.78, 5) is 0. The molecule has 0 bridgehead atoms. The largest absolute Gasteiger partial charge is 0.387 e. The Kier molecular flexibility index (Phi) is 5.97. The average Bonchev–Trinajstić information content (AvgIpc) is 2.53. The first kappa shape index (κ1) is 17.0. The zero-order valence-corrected chi connectivity index (χ0v) is 13.5. The van der Waals surface area contributed by atoms with Gasteiger partial charge in [0.15, 0.2) is 0 Å². The Morgan fingerprint density at radius 2 is 1.68 bits per heavy atom. The van der Waals surface area contributed by atoms with Crippen molar-refractivity contribution in [2.24, 2.45) is 0 Å². The van der Waals surface area contributed by atoms with Crippen LogP contribution in [0.15, 0.2) is 54.6 Å². The summed E-state index contributed by atoms with van der Waals surface area (Å²) < 4.78 is 26.3. The molecule has 2 aromatic carbocycles. The Bertz CT molecular complexity index is 687. The fourth-order valence-corrected chi connectivity index (χ4v) is 3.16. The molecule has 0 aliphatic carbocycles. The highest BCUT2D eigenvalue weighted by Gasteiger charge is 2.14. The van der Waals surface area contributed by atoms with Gasteiger partial charge in [0.05, 0.1) is 11.9 Å². The first-order valence-corrected chi connectivity index (χ1v) is 8.94. The van der Waals surface area contributed by atoms with Crippen LogP contribution in [0.25, 0.3) is 0 Å². The minimum absolute atomic E-state index is 0.00957. The molecule has 4 nitrogen and oxygen atoms in total. The number of rotatable bonds is 7. The summed E-state index contributed by atoms with van der Waals surface area (Å²) in [5, 5.41) is 10.6. The number of aliphatic hydroxyl groups is 1. The van der Waals surface area contributed by atoms with Gasteiger partial charge < -0.3 is 5.11 Å². The summed E-state index contributed by atoms with van der Waals surface area (Å²) in [7, 11) is -3.43. The summed E-state index contributed by atoms with van der Waals surface area (Å²) in [5.41, 5.74) is 1.58. The highest BCUT2D eigenvalue weighted by molar-refractivity contribution is 7.89. The second-order valence-corrected chi connectivity index (χ2v) is 7.33. The van der Waals surface area contributed by atoms with Crippen molar-refractivity contribution < 1.29 is 13.5 Å². The number of benzene rings is 2. The van der Waals surface area contributed by atoms with E-state index in [9.17, 15) is 13.5 Å². The van der Waals surface area contributed by atoms with Crippen molar-refractivity contribution in [3.63, 3.8) is 0 Å². The smallest absolute Gasteiger partial charge is 0.212 e. The lowest BCUT2D eigenvalue weighted by atomic mass is 10.1. The van der Waals surface area contributed by atoms with Crippen LogP contribution in [0.1, 0.15) is 17.2 Å². The summed E-state index contributed by atoms with van der Waals surface area (Å²) >= 11 is 5.77. The maximum atomic E-state index is 12.0. The average molecular weight is 340 g/mol. The number of aliphatic hydroxyl groups excluding tert-OH is 1. The fourth-order valence-electron chi connectivity index (χ4n) is 1.98. The lowest BCUT2D eigenvalue weighted by molar-refractivity contribution is 0.182. The molecular weight excluding hydrogens is 322 g/mol. The molecule has 0 radical (unpaired) electrons. The van der Waals surface area contributed by atoms with Crippen LogP contribution in [0.4, 0.5) is 0 Å². The van der Waals surface area contributed by atoms with Gasteiger partial charge in [-0.05, 0) is 29.7 Å². The Morgan fingerprint density at radius 3 is 2.32 bits per heavy atom. The molecule has 0 amide bonds. The van der Waals surface area contributed by atoms with Crippen LogP contribution in [0.5, 0.6) is 0 Å². The zero-order chi connectivity index (χ0) is 16.0. The summed E-state index contributed by atoms with van der Waals surface area (Å²) in [5.74, 6) is -0.00957. The van der Waals surface area contributed by atoms with Crippen LogP contribution in [-0.2, 0) is 16.4 Å². The van der Waals surface area contributed by atoms with Gasteiger partial charge in [-0.25, -0.2) is 13.1 Å². The molecule has 0 saturated carbocycles. The number of sulfonamides is 1. The van der Waals surface area contributed by atoms with Crippen molar-refractivity contribution in [1.82, 2.24) is 4.72 Å². The predicted octanol–water partition coefficient (Wildman–Crippen LogP) is 2.54. The van der Waals surface area contributed by atoms with E-state index in [0.29, 0.717) is 17.0 Å². The summed E-state index contributed by atoms with van der Waals surface area (Å²) in [6.07, 6.45) is -0.462. The van der Waals surface area contributed by atoms with Gasteiger partial charge in [0.1, 0.15) is 0 Å². The number of halogens is 1. The third kappa shape index (κ3) is 5.42. The minimum Gasteiger partial charge on any atom is -0.387 e. The first-order valence-electron chi connectivity index (χ1n) is 6.91. The van der Waals surface area contributed by atoms with Gasteiger partial charge in [-0.15, -0.1) is 0 Å². The van der Waals surface area contributed by atoms with Crippen LogP contribution in [-0.4, -0.2) is 25.8 Å². The second kappa shape index (κ2) is 7.74. The van der Waals surface area contributed by atoms with E-state index >= 15 is 0 Å². The molecule has 6 heteroatoms. The van der Waals surface area contributed by atoms with E-state index in [0.717, 1.165) is 5.56 Å². The topological polar surface area (TPSA) is 66.4 Å². The molecule has 0 fully saturated rings. The molecule has 0 spiro atoms. The van der Waals surface area contributed by atoms with Gasteiger partial charge in [0.25, 0.3) is 0 Å².